The zero-order valence-corrected chi connectivity index (χ0v) is 19.4. The first-order valence-electron chi connectivity index (χ1n) is 9.75. The van der Waals surface area contributed by atoms with Crippen LogP contribution in [0.4, 0.5) is 11.4 Å². The fraction of sp³-hybridized carbons (Fsp3) is 0.381. The summed E-state index contributed by atoms with van der Waals surface area (Å²) in [7, 11) is -1.08. The summed E-state index contributed by atoms with van der Waals surface area (Å²) in [5.74, 6) is 0.242. The smallest absolute Gasteiger partial charge is 0.271 e. The average molecular weight is 466 g/mol. The van der Waals surface area contributed by atoms with Gasteiger partial charge < -0.3 is 14.8 Å². The van der Waals surface area contributed by atoms with Gasteiger partial charge in [-0.05, 0) is 36.6 Å². The minimum atomic E-state index is -3.96. The normalized spacial score (nSPS) is 12.0. The summed E-state index contributed by atoms with van der Waals surface area (Å²) in [5.41, 5.74) is 1.33. The molecule has 2 rings (SSSR count). The number of amides is 1. The number of hydrogen-bond acceptors (Lipinski definition) is 7. The number of carbonyl (C=O) groups excluding carboxylic acids is 1. The summed E-state index contributed by atoms with van der Waals surface area (Å²) in [6.07, 6.45) is 1.49. The lowest BCUT2D eigenvalue weighted by molar-refractivity contribution is -0.384. The zero-order chi connectivity index (χ0) is 24.1. The first-order valence-corrected chi connectivity index (χ1v) is 11.6. The molecular weight excluding hydrogens is 438 g/mol. The van der Waals surface area contributed by atoms with E-state index in [1.807, 2.05) is 26.0 Å². The van der Waals surface area contributed by atoms with E-state index >= 15 is 0 Å². The molecule has 0 bridgehead atoms. The van der Waals surface area contributed by atoms with Crippen LogP contribution in [0.5, 0.6) is 11.5 Å². The Morgan fingerprint density at radius 1 is 1.16 bits per heavy atom. The van der Waals surface area contributed by atoms with Crippen molar-refractivity contribution in [2.45, 2.75) is 26.3 Å². The summed E-state index contributed by atoms with van der Waals surface area (Å²) in [6.45, 7) is 3.21. The van der Waals surface area contributed by atoms with E-state index in [0.29, 0.717) is 6.42 Å². The van der Waals surface area contributed by atoms with Gasteiger partial charge >= 0.3 is 0 Å². The number of carbonyl (C=O) groups is 1. The third-order valence-electron chi connectivity index (χ3n) is 4.89. The van der Waals surface area contributed by atoms with Crippen molar-refractivity contribution in [3.8, 4) is 11.5 Å². The number of nitrogens with one attached hydrogen (secondary N) is 1. The maximum atomic E-state index is 12.8. The molecule has 0 spiro atoms. The van der Waals surface area contributed by atoms with Gasteiger partial charge in [-0.3, -0.25) is 19.2 Å². The van der Waals surface area contributed by atoms with Crippen molar-refractivity contribution in [3.05, 3.63) is 57.6 Å². The SMILES string of the molecule is CC[C@@H](NC(=O)CN(c1cc([N+](=O)[O-])ccc1OC)S(C)(=O)=O)c1ccc(OC)c(C)c1. The lowest BCUT2D eigenvalue weighted by Crippen LogP contribution is -2.41. The van der Waals surface area contributed by atoms with E-state index in [9.17, 15) is 23.3 Å². The highest BCUT2D eigenvalue weighted by Gasteiger charge is 2.27. The molecule has 0 fully saturated rings. The largest absolute Gasteiger partial charge is 0.496 e. The number of benzene rings is 2. The number of nitro groups is 1. The molecule has 10 nitrogen and oxygen atoms in total. The van der Waals surface area contributed by atoms with Gasteiger partial charge in [0.2, 0.25) is 15.9 Å². The predicted molar refractivity (Wildman–Crippen MR) is 121 cm³/mol. The number of aryl methyl sites for hydroxylation is 1. The van der Waals surface area contributed by atoms with E-state index < -0.39 is 27.4 Å². The highest BCUT2D eigenvalue weighted by molar-refractivity contribution is 7.92. The highest BCUT2D eigenvalue weighted by Crippen LogP contribution is 2.33. The number of ether oxygens (including phenoxy) is 2. The van der Waals surface area contributed by atoms with Gasteiger partial charge in [-0.25, -0.2) is 8.42 Å². The standard InChI is InChI=1S/C21H27N3O7S/c1-6-17(15-7-9-19(30-3)14(2)11-15)22-21(25)13-23(32(5,28)29)18-12-16(24(26)27)8-10-20(18)31-4/h7-12,17H,6,13H2,1-5H3,(H,22,25)/t17-/m1/s1. The monoisotopic (exact) mass is 465 g/mol. The molecule has 0 aliphatic carbocycles. The van der Waals surface area contributed by atoms with Crippen molar-refractivity contribution in [1.82, 2.24) is 5.32 Å². The minimum Gasteiger partial charge on any atom is -0.496 e. The fourth-order valence-corrected chi connectivity index (χ4v) is 4.13. The van der Waals surface area contributed by atoms with Gasteiger partial charge in [0, 0.05) is 12.1 Å². The second-order valence-electron chi connectivity index (χ2n) is 7.14. The molecule has 0 radical (unpaired) electrons. The third-order valence-corrected chi connectivity index (χ3v) is 6.02. The summed E-state index contributed by atoms with van der Waals surface area (Å²) >= 11 is 0. The third kappa shape index (κ3) is 5.88. The molecule has 1 N–H and O–H groups in total. The summed E-state index contributed by atoms with van der Waals surface area (Å²) < 4.78 is 36.2. The molecule has 2 aromatic rings. The van der Waals surface area contributed by atoms with Crippen LogP contribution in [-0.2, 0) is 14.8 Å². The van der Waals surface area contributed by atoms with E-state index in [1.165, 1.54) is 19.2 Å². The lowest BCUT2D eigenvalue weighted by Gasteiger charge is -2.25. The number of hydrogen-bond donors (Lipinski definition) is 1. The van der Waals surface area contributed by atoms with E-state index in [4.69, 9.17) is 9.47 Å². The van der Waals surface area contributed by atoms with Gasteiger partial charge in [0.1, 0.15) is 23.7 Å². The van der Waals surface area contributed by atoms with Gasteiger partial charge in [0.15, 0.2) is 0 Å². The van der Waals surface area contributed by atoms with Gasteiger partial charge in [-0.15, -0.1) is 0 Å². The van der Waals surface area contributed by atoms with Gasteiger partial charge in [0.25, 0.3) is 5.69 Å². The van der Waals surface area contributed by atoms with E-state index in [0.717, 1.165) is 33.5 Å². The Morgan fingerprint density at radius 3 is 2.28 bits per heavy atom. The topological polar surface area (TPSA) is 128 Å². The Balaban J connectivity index is 2.34. The maximum Gasteiger partial charge on any atom is 0.271 e. The molecule has 2 aromatic carbocycles. The molecule has 0 aromatic heterocycles. The van der Waals surface area contributed by atoms with Crippen LogP contribution in [0.1, 0.15) is 30.5 Å². The Bertz CT molecular complexity index is 1100. The number of rotatable bonds is 10. The Hall–Kier alpha value is -3.34. The molecule has 11 heteroatoms. The summed E-state index contributed by atoms with van der Waals surface area (Å²) in [5, 5.41) is 14.0. The van der Waals surface area contributed by atoms with Crippen LogP contribution in [0, 0.1) is 17.0 Å². The number of anilines is 1. The van der Waals surface area contributed by atoms with E-state index in [-0.39, 0.29) is 23.2 Å². The molecule has 0 heterocycles. The molecular formula is C21H27N3O7S. The van der Waals surface area contributed by atoms with Crippen LogP contribution in [-0.4, -0.2) is 46.3 Å². The molecule has 0 unspecified atom stereocenters. The number of non-ortho nitro benzene ring substituents is 1. The second kappa shape index (κ2) is 10.3. The Morgan fingerprint density at radius 2 is 1.78 bits per heavy atom. The predicted octanol–water partition coefficient (Wildman–Crippen LogP) is 2.95. The molecule has 174 valence electrons. The van der Waals surface area contributed by atoms with Crippen LogP contribution in [0.25, 0.3) is 0 Å². The van der Waals surface area contributed by atoms with E-state index in [2.05, 4.69) is 5.32 Å². The maximum absolute atomic E-state index is 12.8. The molecule has 0 saturated heterocycles. The van der Waals surface area contributed by atoms with Crippen molar-refractivity contribution < 1.29 is 27.6 Å². The number of sulfonamides is 1. The zero-order valence-electron chi connectivity index (χ0n) is 18.6. The van der Waals surface area contributed by atoms with Crippen molar-refractivity contribution in [2.75, 3.05) is 31.3 Å². The van der Waals surface area contributed by atoms with Crippen molar-refractivity contribution in [2.24, 2.45) is 0 Å². The highest BCUT2D eigenvalue weighted by atomic mass is 32.2. The van der Waals surface area contributed by atoms with Crippen LogP contribution in [0.15, 0.2) is 36.4 Å². The van der Waals surface area contributed by atoms with Gasteiger partial charge in [-0.2, -0.15) is 0 Å². The molecule has 32 heavy (non-hydrogen) atoms. The lowest BCUT2D eigenvalue weighted by atomic mass is 10.0. The average Bonchev–Trinajstić information content (AvgIpc) is 2.74. The number of methoxy groups -OCH3 is 2. The van der Waals surface area contributed by atoms with Crippen molar-refractivity contribution in [3.63, 3.8) is 0 Å². The first kappa shape index (κ1) is 24.9. The molecule has 0 aliphatic heterocycles. The number of nitro benzene ring substituents is 1. The summed E-state index contributed by atoms with van der Waals surface area (Å²) in [4.78, 5) is 23.3. The van der Waals surface area contributed by atoms with Crippen molar-refractivity contribution >= 4 is 27.3 Å². The van der Waals surface area contributed by atoms with Crippen molar-refractivity contribution in [1.29, 1.82) is 0 Å². The van der Waals surface area contributed by atoms with Crippen LogP contribution in [0.2, 0.25) is 0 Å². The van der Waals surface area contributed by atoms with Crippen LogP contribution >= 0.6 is 0 Å². The Kier molecular flexibility index (Phi) is 8.03. The van der Waals surface area contributed by atoms with Gasteiger partial charge in [0.05, 0.1) is 31.4 Å². The first-order chi connectivity index (χ1) is 15.0. The quantitative estimate of drug-likeness (QED) is 0.422. The molecule has 0 aliphatic rings. The van der Waals surface area contributed by atoms with Gasteiger partial charge in [-0.1, -0.05) is 19.1 Å². The van der Waals surface area contributed by atoms with E-state index in [1.54, 1.807) is 13.2 Å². The summed E-state index contributed by atoms with van der Waals surface area (Å²) in [6, 6.07) is 8.72. The number of nitrogens with zero attached hydrogens (tertiary/aromatic N) is 2. The Labute approximate surface area is 187 Å². The van der Waals surface area contributed by atoms with Crippen LogP contribution < -0.4 is 19.1 Å². The fourth-order valence-electron chi connectivity index (χ4n) is 3.28. The molecule has 0 saturated carbocycles. The molecule has 1 amide bonds. The molecule has 1 atom stereocenters. The minimum absolute atomic E-state index is 0.0895. The second-order valence-corrected chi connectivity index (χ2v) is 9.05. The van der Waals surface area contributed by atoms with Crippen LogP contribution in [0.3, 0.4) is 0 Å².